The molecular formula is C19H14Cl2FNO2S. The lowest BCUT2D eigenvalue weighted by atomic mass is 10.2. The third kappa shape index (κ3) is 4.01. The highest BCUT2D eigenvalue weighted by Crippen LogP contribution is 2.30. The zero-order chi connectivity index (χ0) is 18.7. The van der Waals surface area contributed by atoms with Crippen molar-refractivity contribution in [3.8, 4) is 0 Å². The Hall–Kier alpha value is -2.08. The minimum Gasteiger partial charge on any atom is -0.262 e. The normalized spacial score (nSPS) is 11.3. The van der Waals surface area contributed by atoms with Gasteiger partial charge in [0.1, 0.15) is 10.7 Å². The van der Waals surface area contributed by atoms with Crippen LogP contribution >= 0.6 is 23.2 Å². The van der Waals surface area contributed by atoms with Crippen LogP contribution in [0.1, 0.15) is 5.56 Å². The molecule has 134 valence electrons. The van der Waals surface area contributed by atoms with Gasteiger partial charge in [0.05, 0.1) is 17.3 Å². The molecule has 0 radical (unpaired) electrons. The van der Waals surface area contributed by atoms with Crippen LogP contribution in [0.2, 0.25) is 10.0 Å². The number of benzene rings is 3. The number of hydrogen-bond acceptors (Lipinski definition) is 2. The van der Waals surface area contributed by atoms with Crippen molar-refractivity contribution < 1.29 is 12.8 Å². The van der Waals surface area contributed by atoms with E-state index in [4.69, 9.17) is 23.2 Å². The fourth-order valence-corrected chi connectivity index (χ4v) is 4.54. The van der Waals surface area contributed by atoms with E-state index >= 15 is 0 Å². The van der Waals surface area contributed by atoms with Crippen LogP contribution < -0.4 is 4.31 Å². The molecule has 7 heteroatoms. The van der Waals surface area contributed by atoms with Gasteiger partial charge in [0.15, 0.2) is 0 Å². The molecule has 26 heavy (non-hydrogen) atoms. The van der Waals surface area contributed by atoms with Gasteiger partial charge in [-0.3, -0.25) is 4.31 Å². The van der Waals surface area contributed by atoms with E-state index < -0.39 is 15.8 Å². The lowest BCUT2D eigenvalue weighted by molar-refractivity contribution is 0.590. The maximum Gasteiger partial charge on any atom is 0.266 e. The van der Waals surface area contributed by atoms with Gasteiger partial charge >= 0.3 is 0 Å². The molecule has 0 amide bonds. The maximum atomic E-state index is 13.7. The molecule has 0 bridgehead atoms. The second kappa shape index (κ2) is 7.66. The summed E-state index contributed by atoms with van der Waals surface area (Å²) < 4.78 is 41.3. The molecule has 0 atom stereocenters. The summed E-state index contributed by atoms with van der Waals surface area (Å²) in [4.78, 5) is -0.0418. The first-order chi connectivity index (χ1) is 12.4. The van der Waals surface area contributed by atoms with Gasteiger partial charge in [0, 0.05) is 5.02 Å². The SMILES string of the molecule is O=S(=O)(c1ccccc1Cl)N(Cc1ccc(Cl)cc1)c1cccc(F)c1. The van der Waals surface area contributed by atoms with Crippen LogP contribution in [0.25, 0.3) is 0 Å². The second-order valence-corrected chi connectivity index (χ2v) is 8.22. The van der Waals surface area contributed by atoms with Crippen LogP contribution in [0.5, 0.6) is 0 Å². The highest BCUT2D eigenvalue weighted by Gasteiger charge is 2.27. The van der Waals surface area contributed by atoms with Gasteiger partial charge < -0.3 is 0 Å². The number of nitrogens with zero attached hydrogens (tertiary/aromatic N) is 1. The van der Waals surface area contributed by atoms with Gasteiger partial charge in [-0.25, -0.2) is 12.8 Å². The van der Waals surface area contributed by atoms with Gasteiger partial charge in [0.2, 0.25) is 0 Å². The Kier molecular flexibility index (Phi) is 5.51. The van der Waals surface area contributed by atoms with Crippen molar-refractivity contribution in [2.24, 2.45) is 0 Å². The largest absolute Gasteiger partial charge is 0.266 e. The molecule has 0 aromatic heterocycles. The standard InChI is InChI=1S/C19H14Cl2FNO2S/c20-15-10-8-14(9-11-15)13-23(17-5-3-4-16(22)12-17)26(24,25)19-7-2-1-6-18(19)21/h1-12H,13H2. The first kappa shape index (κ1) is 18.7. The highest BCUT2D eigenvalue weighted by atomic mass is 35.5. The van der Waals surface area contributed by atoms with Crippen molar-refractivity contribution in [2.75, 3.05) is 4.31 Å². The molecule has 0 saturated carbocycles. The van der Waals surface area contributed by atoms with Gasteiger partial charge in [-0.2, -0.15) is 0 Å². The zero-order valence-corrected chi connectivity index (χ0v) is 15.8. The molecule has 0 saturated heterocycles. The molecule has 0 heterocycles. The Morgan fingerprint density at radius 3 is 2.23 bits per heavy atom. The molecule has 0 aliphatic rings. The topological polar surface area (TPSA) is 37.4 Å². The fourth-order valence-electron chi connectivity index (χ4n) is 2.47. The summed E-state index contributed by atoms with van der Waals surface area (Å²) in [5.74, 6) is -0.530. The molecular weight excluding hydrogens is 396 g/mol. The van der Waals surface area contributed by atoms with E-state index in [0.29, 0.717) is 10.6 Å². The number of sulfonamides is 1. The molecule has 0 spiro atoms. The van der Waals surface area contributed by atoms with E-state index in [9.17, 15) is 12.8 Å². The quantitative estimate of drug-likeness (QED) is 0.555. The number of anilines is 1. The lowest BCUT2D eigenvalue weighted by Crippen LogP contribution is -2.30. The number of rotatable bonds is 5. The Balaban J connectivity index is 2.11. The number of halogens is 3. The molecule has 3 aromatic rings. The van der Waals surface area contributed by atoms with Gasteiger partial charge in [-0.15, -0.1) is 0 Å². The summed E-state index contributed by atoms with van der Waals surface area (Å²) in [6.07, 6.45) is 0. The van der Waals surface area contributed by atoms with Crippen LogP contribution in [0.4, 0.5) is 10.1 Å². The van der Waals surface area contributed by atoms with E-state index in [-0.39, 0.29) is 22.2 Å². The highest BCUT2D eigenvalue weighted by molar-refractivity contribution is 7.93. The molecule has 0 aliphatic heterocycles. The third-order valence-electron chi connectivity index (χ3n) is 3.74. The van der Waals surface area contributed by atoms with E-state index in [1.54, 1.807) is 36.4 Å². The van der Waals surface area contributed by atoms with Crippen molar-refractivity contribution in [3.63, 3.8) is 0 Å². The minimum absolute atomic E-state index is 0.00811. The van der Waals surface area contributed by atoms with Crippen LogP contribution in [0, 0.1) is 5.82 Å². The molecule has 0 fully saturated rings. The molecule has 0 aliphatic carbocycles. The predicted molar refractivity (Wildman–Crippen MR) is 103 cm³/mol. The predicted octanol–water partition coefficient (Wildman–Crippen LogP) is 5.53. The van der Waals surface area contributed by atoms with E-state index in [1.807, 2.05) is 0 Å². The first-order valence-electron chi connectivity index (χ1n) is 7.65. The summed E-state index contributed by atoms with van der Waals surface area (Å²) in [6.45, 7) is 0.00811. The van der Waals surface area contributed by atoms with Crippen molar-refractivity contribution in [2.45, 2.75) is 11.4 Å². The molecule has 0 unspecified atom stereocenters. The monoisotopic (exact) mass is 409 g/mol. The van der Waals surface area contributed by atoms with E-state index in [2.05, 4.69) is 0 Å². The van der Waals surface area contributed by atoms with E-state index in [0.717, 1.165) is 4.31 Å². The van der Waals surface area contributed by atoms with Gasteiger partial charge in [-0.05, 0) is 48.0 Å². The average Bonchev–Trinajstić information content (AvgIpc) is 2.61. The lowest BCUT2D eigenvalue weighted by Gasteiger charge is -2.25. The summed E-state index contributed by atoms with van der Waals surface area (Å²) in [7, 11) is -4.01. The fraction of sp³-hybridized carbons (Fsp3) is 0.0526. The van der Waals surface area contributed by atoms with E-state index in [1.165, 1.54) is 36.4 Å². The summed E-state index contributed by atoms with van der Waals surface area (Å²) in [5.41, 5.74) is 0.911. The van der Waals surface area contributed by atoms with Crippen molar-refractivity contribution >= 4 is 38.9 Å². The Morgan fingerprint density at radius 1 is 0.885 bits per heavy atom. The third-order valence-corrected chi connectivity index (χ3v) is 6.27. The smallest absolute Gasteiger partial charge is 0.262 e. The van der Waals surface area contributed by atoms with Crippen molar-refractivity contribution in [1.82, 2.24) is 0 Å². The van der Waals surface area contributed by atoms with Crippen LogP contribution in [-0.2, 0) is 16.6 Å². The maximum absolute atomic E-state index is 13.7. The van der Waals surface area contributed by atoms with Crippen LogP contribution in [-0.4, -0.2) is 8.42 Å². The molecule has 3 rings (SSSR count). The van der Waals surface area contributed by atoms with Crippen molar-refractivity contribution in [3.05, 3.63) is 94.2 Å². The summed E-state index contributed by atoms with van der Waals surface area (Å²) >= 11 is 12.0. The number of hydrogen-bond donors (Lipinski definition) is 0. The zero-order valence-electron chi connectivity index (χ0n) is 13.4. The molecule has 0 N–H and O–H groups in total. The molecule has 3 aromatic carbocycles. The van der Waals surface area contributed by atoms with Gasteiger partial charge in [0.25, 0.3) is 10.0 Å². The van der Waals surface area contributed by atoms with Crippen LogP contribution in [0.15, 0.2) is 77.7 Å². The van der Waals surface area contributed by atoms with Crippen LogP contribution in [0.3, 0.4) is 0 Å². The first-order valence-corrected chi connectivity index (χ1v) is 9.85. The summed E-state index contributed by atoms with van der Waals surface area (Å²) in [5, 5.41) is 0.644. The second-order valence-electron chi connectivity index (χ2n) is 5.55. The van der Waals surface area contributed by atoms with Gasteiger partial charge in [-0.1, -0.05) is 53.5 Å². The minimum atomic E-state index is -4.01. The Morgan fingerprint density at radius 2 is 1.58 bits per heavy atom. The molecule has 3 nitrogen and oxygen atoms in total. The Bertz CT molecular complexity index is 1020. The van der Waals surface area contributed by atoms with Crippen molar-refractivity contribution in [1.29, 1.82) is 0 Å². The average molecular weight is 410 g/mol. The summed E-state index contributed by atoms with van der Waals surface area (Å²) in [6, 6.07) is 18.4. The Labute approximate surface area is 161 Å².